The number of nitriles is 1. The van der Waals surface area contributed by atoms with E-state index in [1.54, 1.807) is 23.2 Å². The first kappa shape index (κ1) is 19.7. The molecule has 142 valence electrons. The van der Waals surface area contributed by atoms with Gasteiger partial charge in [-0.25, -0.2) is 0 Å². The molecule has 0 heterocycles. The molecule has 0 saturated carbocycles. The average molecular weight is 400 g/mol. The quantitative estimate of drug-likeness (QED) is 0.269. The normalized spacial score (nSPS) is 10.7. The van der Waals surface area contributed by atoms with Crippen LogP contribution >= 0.6 is 12.2 Å². The summed E-state index contributed by atoms with van der Waals surface area (Å²) in [7, 11) is 0. The summed E-state index contributed by atoms with van der Waals surface area (Å²) in [6, 6.07) is 26.8. The molecule has 0 aromatic heterocycles. The fourth-order valence-corrected chi connectivity index (χ4v) is 2.88. The second kappa shape index (κ2) is 9.26. The van der Waals surface area contributed by atoms with Gasteiger partial charge in [0.1, 0.15) is 6.07 Å². The number of anilines is 2. The molecular formula is C22H16N4O2S. The van der Waals surface area contributed by atoms with Crippen molar-refractivity contribution < 1.29 is 4.92 Å². The van der Waals surface area contributed by atoms with Crippen molar-refractivity contribution in [1.29, 1.82) is 5.26 Å². The number of nitro benzene ring substituents is 1. The van der Waals surface area contributed by atoms with Gasteiger partial charge in [-0.2, -0.15) is 5.26 Å². The van der Waals surface area contributed by atoms with Crippen molar-refractivity contribution in [2.45, 2.75) is 0 Å². The van der Waals surface area contributed by atoms with E-state index in [4.69, 9.17) is 12.2 Å². The molecule has 0 unspecified atom stereocenters. The van der Waals surface area contributed by atoms with E-state index in [1.165, 1.54) is 12.1 Å². The van der Waals surface area contributed by atoms with Crippen LogP contribution in [0.2, 0.25) is 0 Å². The molecule has 0 aliphatic carbocycles. The first-order valence-corrected chi connectivity index (χ1v) is 9.06. The highest BCUT2D eigenvalue weighted by atomic mass is 32.1. The molecule has 0 bridgehead atoms. The number of nitrogens with zero attached hydrogens (tertiary/aromatic N) is 3. The highest BCUT2D eigenvalue weighted by Gasteiger charge is 2.14. The second-order valence-electron chi connectivity index (χ2n) is 5.96. The Balaban J connectivity index is 2.00. The molecule has 0 aliphatic heterocycles. The van der Waals surface area contributed by atoms with Crippen molar-refractivity contribution in [3.8, 4) is 6.07 Å². The first-order chi connectivity index (χ1) is 14.1. The minimum absolute atomic E-state index is 0.0248. The summed E-state index contributed by atoms with van der Waals surface area (Å²) < 4.78 is 0. The van der Waals surface area contributed by atoms with Crippen molar-refractivity contribution in [3.05, 3.63) is 107 Å². The van der Waals surface area contributed by atoms with Gasteiger partial charge in [-0.3, -0.25) is 15.0 Å². The van der Waals surface area contributed by atoms with Crippen LogP contribution in [0, 0.1) is 21.4 Å². The Kier molecular flexibility index (Phi) is 6.30. The van der Waals surface area contributed by atoms with E-state index >= 15 is 0 Å². The van der Waals surface area contributed by atoms with Crippen molar-refractivity contribution >= 4 is 40.0 Å². The summed E-state index contributed by atoms with van der Waals surface area (Å²) in [5, 5.41) is 24.1. The smallest absolute Gasteiger partial charge is 0.269 e. The van der Waals surface area contributed by atoms with Crippen LogP contribution in [0.25, 0.3) is 5.57 Å². The Morgan fingerprint density at radius 3 is 2.14 bits per heavy atom. The molecule has 0 amide bonds. The van der Waals surface area contributed by atoms with Crippen LogP contribution in [0.3, 0.4) is 0 Å². The number of nitrogens with one attached hydrogen (secondary N) is 1. The van der Waals surface area contributed by atoms with Gasteiger partial charge < -0.3 is 5.32 Å². The molecular weight excluding hydrogens is 384 g/mol. The maximum absolute atomic E-state index is 11.0. The molecule has 0 fully saturated rings. The van der Waals surface area contributed by atoms with Crippen LogP contribution in [0.5, 0.6) is 0 Å². The summed E-state index contributed by atoms with van der Waals surface area (Å²) in [6.45, 7) is 0. The fourth-order valence-electron chi connectivity index (χ4n) is 2.61. The van der Waals surface area contributed by atoms with Crippen molar-refractivity contribution in [1.82, 2.24) is 0 Å². The average Bonchev–Trinajstić information content (AvgIpc) is 2.76. The third-order valence-corrected chi connectivity index (χ3v) is 4.34. The number of allylic oxidation sites excluding steroid dienone is 1. The molecule has 1 N–H and O–H groups in total. The number of hydrogen-bond donors (Lipinski definition) is 1. The van der Waals surface area contributed by atoms with Gasteiger partial charge >= 0.3 is 0 Å². The van der Waals surface area contributed by atoms with Gasteiger partial charge in [-0.15, -0.1) is 0 Å². The molecule has 0 atom stereocenters. The van der Waals surface area contributed by atoms with E-state index in [0.717, 1.165) is 11.3 Å². The number of hydrogen-bond acceptors (Lipinski definition) is 4. The van der Waals surface area contributed by atoms with Crippen molar-refractivity contribution in [2.75, 3.05) is 10.2 Å². The lowest BCUT2D eigenvalue weighted by atomic mass is 10.1. The third kappa shape index (κ3) is 5.03. The summed E-state index contributed by atoms with van der Waals surface area (Å²) in [6.07, 6.45) is 1.62. The van der Waals surface area contributed by atoms with Gasteiger partial charge in [0.25, 0.3) is 5.69 Å². The molecule has 0 saturated heterocycles. The van der Waals surface area contributed by atoms with Crippen LogP contribution in [0.4, 0.5) is 17.1 Å². The number of para-hydroxylation sites is 1. The van der Waals surface area contributed by atoms with Crippen LogP contribution < -0.4 is 10.2 Å². The molecule has 3 aromatic carbocycles. The molecule has 0 spiro atoms. The number of non-ortho nitro benzene ring substituents is 1. The number of nitro groups is 1. The lowest BCUT2D eigenvalue weighted by Crippen LogP contribution is -2.30. The molecule has 0 radical (unpaired) electrons. The Bertz CT molecular complexity index is 1080. The van der Waals surface area contributed by atoms with Crippen LogP contribution in [0.15, 0.2) is 91.1 Å². The molecule has 0 aliphatic rings. The van der Waals surface area contributed by atoms with E-state index in [2.05, 4.69) is 11.4 Å². The van der Waals surface area contributed by atoms with E-state index in [-0.39, 0.29) is 5.69 Å². The van der Waals surface area contributed by atoms with Gasteiger partial charge in [0, 0.05) is 29.7 Å². The highest BCUT2D eigenvalue weighted by molar-refractivity contribution is 7.80. The summed E-state index contributed by atoms with van der Waals surface area (Å²) in [5.41, 5.74) is 2.50. The Morgan fingerprint density at radius 2 is 1.59 bits per heavy atom. The van der Waals surface area contributed by atoms with E-state index < -0.39 is 4.92 Å². The monoisotopic (exact) mass is 400 g/mol. The summed E-state index contributed by atoms with van der Waals surface area (Å²) in [5.74, 6) is 0. The van der Waals surface area contributed by atoms with Crippen molar-refractivity contribution in [3.63, 3.8) is 0 Å². The van der Waals surface area contributed by atoms with Gasteiger partial charge in [0.05, 0.1) is 10.5 Å². The van der Waals surface area contributed by atoms with Crippen LogP contribution in [0.1, 0.15) is 5.56 Å². The van der Waals surface area contributed by atoms with Gasteiger partial charge in [-0.05, 0) is 42.0 Å². The molecule has 29 heavy (non-hydrogen) atoms. The second-order valence-corrected chi connectivity index (χ2v) is 6.35. The third-order valence-electron chi connectivity index (χ3n) is 4.05. The molecule has 6 nitrogen and oxygen atoms in total. The molecule has 3 rings (SSSR count). The minimum Gasteiger partial charge on any atom is -0.332 e. The zero-order valence-electron chi connectivity index (χ0n) is 15.2. The van der Waals surface area contributed by atoms with E-state index in [0.29, 0.717) is 16.4 Å². The highest BCUT2D eigenvalue weighted by Crippen LogP contribution is 2.24. The molecule has 3 aromatic rings. The van der Waals surface area contributed by atoms with Crippen LogP contribution in [-0.4, -0.2) is 10.0 Å². The van der Waals surface area contributed by atoms with Gasteiger partial charge in [0.2, 0.25) is 0 Å². The standard InChI is InChI=1S/C22H16N4O2S/c23-15-18(17-7-3-1-4-8-17)16-25(20-11-13-21(14-12-20)26(27)28)22(29)24-19-9-5-2-6-10-19/h1-14,16H,(H,24,29)/b18-16+. The van der Waals surface area contributed by atoms with Gasteiger partial charge in [0.15, 0.2) is 5.11 Å². The predicted octanol–water partition coefficient (Wildman–Crippen LogP) is 5.36. The fraction of sp³-hybridized carbons (Fsp3) is 0. The molecule has 7 heteroatoms. The topological polar surface area (TPSA) is 82.2 Å². The Labute approximate surface area is 173 Å². The summed E-state index contributed by atoms with van der Waals surface area (Å²) in [4.78, 5) is 12.1. The minimum atomic E-state index is -0.463. The van der Waals surface area contributed by atoms with Crippen LogP contribution in [-0.2, 0) is 0 Å². The van der Waals surface area contributed by atoms with E-state index in [1.807, 2.05) is 60.7 Å². The SMILES string of the molecule is N#C/C(=C\N(C(=S)Nc1ccccc1)c1ccc([N+](=O)[O-])cc1)c1ccccc1. The largest absolute Gasteiger partial charge is 0.332 e. The maximum Gasteiger partial charge on any atom is 0.269 e. The first-order valence-electron chi connectivity index (χ1n) is 8.65. The maximum atomic E-state index is 11.0. The zero-order valence-corrected chi connectivity index (χ0v) is 16.0. The Hall–Kier alpha value is -4.02. The lowest BCUT2D eigenvalue weighted by molar-refractivity contribution is -0.384. The number of benzene rings is 3. The summed E-state index contributed by atoms with van der Waals surface area (Å²) >= 11 is 5.57. The lowest BCUT2D eigenvalue weighted by Gasteiger charge is -2.23. The number of thiocarbonyl (C=S) groups is 1. The predicted molar refractivity (Wildman–Crippen MR) is 118 cm³/mol. The van der Waals surface area contributed by atoms with Gasteiger partial charge in [-0.1, -0.05) is 48.5 Å². The van der Waals surface area contributed by atoms with Crippen molar-refractivity contribution in [2.24, 2.45) is 0 Å². The number of rotatable bonds is 5. The van der Waals surface area contributed by atoms with E-state index in [9.17, 15) is 15.4 Å². The zero-order chi connectivity index (χ0) is 20.6. The Morgan fingerprint density at radius 1 is 1.00 bits per heavy atom.